The molecule has 4 nitrogen and oxygen atoms in total. The normalized spacial score (nSPS) is 12.2. The van der Waals surface area contributed by atoms with Gasteiger partial charge in [0.2, 0.25) is 0 Å². The maximum Gasteiger partial charge on any atom is 0.253 e. The van der Waals surface area contributed by atoms with Crippen LogP contribution in [-0.4, -0.2) is 22.1 Å². The third kappa shape index (κ3) is 3.39. The van der Waals surface area contributed by atoms with Gasteiger partial charge in [0.25, 0.3) is 5.91 Å². The van der Waals surface area contributed by atoms with Gasteiger partial charge in [0.1, 0.15) is 0 Å². The van der Waals surface area contributed by atoms with E-state index in [-0.39, 0.29) is 12.5 Å². The van der Waals surface area contributed by atoms with Crippen molar-refractivity contribution in [3.8, 4) is 0 Å². The van der Waals surface area contributed by atoms with Crippen molar-refractivity contribution in [3.63, 3.8) is 0 Å². The predicted molar refractivity (Wildman–Crippen MR) is 88.1 cm³/mol. The molecule has 0 spiro atoms. The van der Waals surface area contributed by atoms with E-state index in [1.54, 1.807) is 0 Å². The lowest BCUT2D eigenvalue weighted by molar-refractivity contribution is 0.0915. The number of aliphatic hydroxyl groups excluding tert-OH is 1. The summed E-state index contributed by atoms with van der Waals surface area (Å²) in [5.74, 6) is -0.139. The zero-order chi connectivity index (χ0) is 16.3. The second-order valence-corrected chi connectivity index (χ2v) is 5.67. The van der Waals surface area contributed by atoms with Crippen LogP contribution >= 0.6 is 0 Å². The minimum atomic E-state index is -0.696. The number of amides is 1. The van der Waals surface area contributed by atoms with Crippen molar-refractivity contribution in [2.45, 2.75) is 40.3 Å². The molecule has 0 saturated heterocycles. The minimum Gasteiger partial charge on any atom is -0.387 e. The van der Waals surface area contributed by atoms with Gasteiger partial charge < -0.3 is 15.0 Å². The number of aliphatic hydroxyl groups is 1. The SMILES string of the molecule is CCn1c(C)cc(C(=O)NCC(O)c2cccc(C)c2)c1C. The Morgan fingerprint density at radius 1 is 1.27 bits per heavy atom. The fourth-order valence-corrected chi connectivity index (χ4v) is 2.80. The number of rotatable bonds is 5. The molecule has 2 N–H and O–H groups in total. The monoisotopic (exact) mass is 300 g/mol. The highest BCUT2D eigenvalue weighted by atomic mass is 16.3. The van der Waals surface area contributed by atoms with Gasteiger partial charge in [-0.3, -0.25) is 4.79 Å². The first-order valence-corrected chi connectivity index (χ1v) is 7.63. The summed E-state index contributed by atoms with van der Waals surface area (Å²) >= 11 is 0. The van der Waals surface area contributed by atoms with E-state index in [2.05, 4.69) is 16.8 Å². The van der Waals surface area contributed by atoms with E-state index < -0.39 is 6.10 Å². The Labute approximate surface area is 131 Å². The number of benzene rings is 1. The zero-order valence-corrected chi connectivity index (χ0v) is 13.7. The third-order valence-corrected chi connectivity index (χ3v) is 4.02. The van der Waals surface area contributed by atoms with Crippen molar-refractivity contribution in [2.75, 3.05) is 6.54 Å². The fraction of sp³-hybridized carbons (Fsp3) is 0.389. The average molecular weight is 300 g/mol. The predicted octanol–water partition coefficient (Wildman–Crippen LogP) is 2.90. The third-order valence-electron chi connectivity index (χ3n) is 4.02. The molecule has 0 saturated carbocycles. The van der Waals surface area contributed by atoms with Crippen LogP contribution in [0.4, 0.5) is 0 Å². The van der Waals surface area contributed by atoms with E-state index >= 15 is 0 Å². The Hall–Kier alpha value is -2.07. The zero-order valence-electron chi connectivity index (χ0n) is 13.7. The van der Waals surface area contributed by atoms with E-state index in [0.29, 0.717) is 5.56 Å². The number of hydrogen-bond acceptors (Lipinski definition) is 2. The summed E-state index contributed by atoms with van der Waals surface area (Å²) in [4.78, 5) is 12.3. The van der Waals surface area contributed by atoms with Crippen LogP contribution < -0.4 is 5.32 Å². The van der Waals surface area contributed by atoms with E-state index in [1.165, 1.54) is 0 Å². The molecule has 0 aliphatic heterocycles. The van der Waals surface area contributed by atoms with Gasteiger partial charge in [-0.15, -0.1) is 0 Å². The van der Waals surface area contributed by atoms with E-state index in [1.807, 2.05) is 51.1 Å². The molecule has 1 atom stereocenters. The average Bonchev–Trinajstić information content (AvgIpc) is 2.78. The van der Waals surface area contributed by atoms with E-state index in [4.69, 9.17) is 0 Å². The molecule has 1 aromatic heterocycles. The van der Waals surface area contributed by atoms with Crippen LogP contribution in [0.1, 0.15) is 45.9 Å². The molecule has 1 amide bonds. The molecule has 1 aromatic carbocycles. The smallest absolute Gasteiger partial charge is 0.253 e. The van der Waals surface area contributed by atoms with Crippen LogP contribution in [0.5, 0.6) is 0 Å². The number of aromatic nitrogens is 1. The second-order valence-electron chi connectivity index (χ2n) is 5.67. The number of carbonyl (C=O) groups excluding carboxylic acids is 1. The van der Waals surface area contributed by atoms with Crippen molar-refractivity contribution in [1.29, 1.82) is 0 Å². The summed E-state index contributed by atoms with van der Waals surface area (Å²) in [6.45, 7) is 9.03. The largest absolute Gasteiger partial charge is 0.387 e. The number of aryl methyl sites for hydroxylation is 2. The Morgan fingerprint density at radius 3 is 2.59 bits per heavy atom. The molecule has 0 aliphatic carbocycles. The summed E-state index contributed by atoms with van der Waals surface area (Å²) in [6.07, 6.45) is -0.696. The molecule has 0 bridgehead atoms. The maximum atomic E-state index is 12.3. The van der Waals surface area contributed by atoms with Gasteiger partial charge in [-0.1, -0.05) is 29.8 Å². The number of nitrogens with zero attached hydrogens (tertiary/aromatic N) is 1. The highest BCUT2D eigenvalue weighted by molar-refractivity contribution is 5.95. The highest BCUT2D eigenvalue weighted by Gasteiger charge is 2.16. The standard InChI is InChI=1S/C18H24N2O2/c1-5-20-13(3)10-16(14(20)4)18(22)19-11-17(21)15-8-6-7-12(2)9-15/h6-10,17,21H,5,11H2,1-4H3,(H,19,22). The molecular formula is C18H24N2O2. The Morgan fingerprint density at radius 2 is 2.00 bits per heavy atom. The minimum absolute atomic E-state index is 0.139. The second kappa shape index (κ2) is 6.79. The van der Waals surface area contributed by atoms with Crippen LogP contribution in [0.2, 0.25) is 0 Å². The summed E-state index contributed by atoms with van der Waals surface area (Å²) in [5.41, 5.74) is 4.62. The molecule has 2 rings (SSSR count). The number of carbonyl (C=O) groups is 1. The van der Waals surface area contributed by atoms with Crippen LogP contribution in [0.25, 0.3) is 0 Å². The number of hydrogen-bond donors (Lipinski definition) is 2. The lowest BCUT2D eigenvalue weighted by Gasteiger charge is -2.13. The first-order valence-electron chi connectivity index (χ1n) is 7.63. The molecule has 0 radical (unpaired) electrons. The van der Waals surface area contributed by atoms with Gasteiger partial charge in [-0.25, -0.2) is 0 Å². The van der Waals surface area contributed by atoms with Gasteiger partial charge in [0, 0.05) is 24.5 Å². The van der Waals surface area contributed by atoms with Crippen molar-refractivity contribution >= 4 is 5.91 Å². The molecule has 1 heterocycles. The Balaban J connectivity index is 2.04. The maximum absolute atomic E-state index is 12.3. The van der Waals surface area contributed by atoms with Crippen molar-refractivity contribution in [2.24, 2.45) is 0 Å². The van der Waals surface area contributed by atoms with Crippen molar-refractivity contribution in [3.05, 3.63) is 58.4 Å². The van der Waals surface area contributed by atoms with Crippen LogP contribution in [0, 0.1) is 20.8 Å². The molecule has 22 heavy (non-hydrogen) atoms. The molecule has 4 heteroatoms. The quantitative estimate of drug-likeness (QED) is 0.892. The summed E-state index contributed by atoms with van der Waals surface area (Å²) < 4.78 is 2.10. The summed E-state index contributed by atoms with van der Waals surface area (Å²) in [6, 6.07) is 9.58. The van der Waals surface area contributed by atoms with Gasteiger partial charge in [0.05, 0.1) is 11.7 Å². The molecule has 118 valence electrons. The molecule has 1 unspecified atom stereocenters. The molecule has 0 aliphatic rings. The van der Waals surface area contributed by atoms with Crippen molar-refractivity contribution < 1.29 is 9.90 Å². The van der Waals surface area contributed by atoms with Gasteiger partial charge in [-0.05, 0) is 39.3 Å². The van der Waals surface area contributed by atoms with Gasteiger partial charge in [0.15, 0.2) is 0 Å². The van der Waals surface area contributed by atoms with Gasteiger partial charge >= 0.3 is 0 Å². The Kier molecular flexibility index (Phi) is 5.03. The molecular weight excluding hydrogens is 276 g/mol. The van der Waals surface area contributed by atoms with Crippen molar-refractivity contribution in [1.82, 2.24) is 9.88 Å². The fourth-order valence-electron chi connectivity index (χ4n) is 2.80. The first-order chi connectivity index (χ1) is 10.4. The Bertz CT molecular complexity index is 674. The van der Waals surface area contributed by atoms with E-state index in [0.717, 1.165) is 29.1 Å². The van der Waals surface area contributed by atoms with Crippen LogP contribution in [0.15, 0.2) is 30.3 Å². The molecule has 0 fully saturated rings. The lowest BCUT2D eigenvalue weighted by Crippen LogP contribution is -2.28. The topological polar surface area (TPSA) is 54.3 Å². The summed E-state index contributed by atoms with van der Waals surface area (Å²) in [5, 5.41) is 13.0. The van der Waals surface area contributed by atoms with Crippen LogP contribution in [-0.2, 0) is 6.54 Å². The number of nitrogens with one attached hydrogen (secondary N) is 1. The highest BCUT2D eigenvalue weighted by Crippen LogP contribution is 2.16. The molecule has 2 aromatic rings. The van der Waals surface area contributed by atoms with E-state index in [9.17, 15) is 9.90 Å². The lowest BCUT2D eigenvalue weighted by atomic mass is 10.1. The van der Waals surface area contributed by atoms with Crippen LogP contribution in [0.3, 0.4) is 0 Å². The summed E-state index contributed by atoms with van der Waals surface area (Å²) in [7, 11) is 0. The van der Waals surface area contributed by atoms with Gasteiger partial charge in [-0.2, -0.15) is 0 Å². The first kappa shape index (κ1) is 16.3.